The van der Waals surface area contributed by atoms with Crippen molar-refractivity contribution in [3.8, 4) is 78.5 Å². The SMILES string of the molecule is Cc1ccc(-c2ccc3c(c2)-c2cc(-c4ccc(C)cc4C)ccc2C3c2cc(C#N)c(-c3ccncc3)cc2-n2c3ccc(-c4ccc(C)cc4C)cc3c3cc(-c4ccc(C)cc4C)ccc32)c(C)c1. The zero-order valence-corrected chi connectivity index (χ0v) is 42.2. The van der Waals surface area contributed by atoms with Crippen LogP contribution < -0.4 is 0 Å². The van der Waals surface area contributed by atoms with Gasteiger partial charge in [-0.25, -0.2) is 0 Å². The van der Waals surface area contributed by atoms with Crippen LogP contribution in [0.25, 0.3) is 94.3 Å². The van der Waals surface area contributed by atoms with E-state index in [4.69, 9.17) is 0 Å². The van der Waals surface area contributed by atoms with Gasteiger partial charge in [-0.3, -0.25) is 4.98 Å². The molecule has 11 aromatic rings. The average Bonchev–Trinajstić information content (AvgIpc) is 3.87. The number of pyridine rings is 1. The van der Waals surface area contributed by atoms with Crippen molar-refractivity contribution in [2.45, 2.75) is 61.3 Å². The van der Waals surface area contributed by atoms with Gasteiger partial charge in [0.05, 0.1) is 28.4 Å². The zero-order valence-electron chi connectivity index (χ0n) is 42.2. The van der Waals surface area contributed by atoms with E-state index in [2.05, 4.69) is 229 Å². The summed E-state index contributed by atoms with van der Waals surface area (Å²) in [5.74, 6) is -0.179. The molecule has 0 unspecified atom stereocenters. The molecule has 3 heteroatoms. The molecule has 0 spiro atoms. The normalized spacial score (nSPS) is 12.1. The molecule has 2 heterocycles. The topological polar surface area (TPSA) is 41.6 Å². The van der Waals surface area contributed by atoms with Crippen LogP contribution in [0.4, 0.5) is 0 Å². The average molecular weight is 926 g/mol. The number of rotatable bonds is 7. The lowest BCUT2D eigenvalue weighted by Gasteiger charge is -2.23. The summed E-state index contributed by atoms with van der Waals surface area (Å²) >= 11 is 0. The van der Waals surface area contributed by atoms with Crippen LogP contribution in [0.1, 0.15) is 72.7 Å². The van der Waals surface area contributed by atoms with Crippen LogP contribution in [0.2, 0.25) is 0 Å². The standard InChI is InChI=1S/C69H55N3/c1-40-9-17-54(44(5)29-40)49-13-21-58-61(33-49)62-34-50(55-18-10-41(2)30-45(55)6)14-22-59(62)69(58)65-37-53(39-70)60(48-25-27-71-28-26-48)38-68(65)72-66-23-15-51(56-19-11-42(3)31-46(56)7)35-63(66)64-36-52(16-24-67(64)72)57-20-12-43(4)32-47(57)8/h9-38,69H,1-8H3. The van der Waals surface area contributed by atoms with Crippen LogP contribution in [0.15, 0.2) is 182 Å². The fraction of sp³-hybridized carbons (Fsp3) is 0.130. The maximum Gasteiger partial charge on any atom is 0.0998 e. The molecule has 0 amide bonds. The predicted molar refractivity (Wildman–Crippen MR) is 301 cm³/mol. The van der Waals surface area contributed by atoms with Gasteiger partial charge in [-0.2, -0.15) is 5.26 Å². The number of hydrogen-bond donors (Lipinski definition) is 0. The highest BCUT2D eigenvalue weighted by molar-refractivity contribution is 6.12. The quantitative estimate of drug-likeness (QED) is 0.160. The van der Waals surface area contributed by atoms with Crippen molar-refractivity contribution in [2.24, 2.45) is 0 Å². The molecule has 0 atom stereocenters. The Kier molecular flexibility index (Phi) is 10.8. The van der Waals surface area contributed by atoms with Gasteiger partial charge in [-0.1, -0.05) is 131 Å². The Bertz CT molecular complexity index is 3870. The number of nitrogens with zero attached hydrogens (tertiary/aromatic N) is 3. The van der Waals surface area contributed by atoms with E-state index < -0.39 is 0 Å². The van der Waals surface area contributed by atoms with E-state index in [1.807, 2.05) is 24.5 Å². The molecule has 0 aliphatic heterocycles. The van der Waals surface area contributed by atoms with Gasteiger partial charge in [0.15, 0.2) is 0 Å². The van der Waals surface area contributed by atoms with Crippen molar-refractivity contribution >= 4 is 21.8 Å². The number of nitriles is 1. The van der Waals surface area contributed by atoms with Crippen molar-refractivity contribution in [1.82, 2.24) is 9.55 Å². The van der Waals surface area contributed by atoms with Crippen LogP contribution in [0.5, 0.6) is 0 Å². The first-order chi connectivity index (χ1) is 34.9. The number of hydrogen-bond acceptors (Lipinski definition) is 2. The van der Waals surface area contributed by atoms with E-state index in [0.29, 0.717) is 5.56 Å². The molecule has 0 bridgehead atoms. The van der Waals surface area contributed by atoms with Gasteiger partial charge in [0, 0.05) is 34.6 Å². The highest BCUT2D eigenvalue weighted by Gasteiger charge is 2.34. The highest BCUT2D eigenvalue weighted by Crippen LogP contribution is 2.53. The molecule has 3 nitrogen and oxygen atoms in total. The molecule has 2 aromatic heterocycles. The Morgan fingerprint density at radius 1 is 0.361 bits per heavy atom. The summed E-state index contributed by atoms with van der Waals surface area (Å²) in [6, 6.07) is 66.4. The fourth-order valence-corrected chi connectivity index (χ4v) is 12.0. The van der Waals surface area contributed by atoms with Crippen molar-refractivity contribution in [2.75, 3.05) is 0 Å². The second kappa shape index (κ2) is 17.4. The Morgan fingerprint density at radius 3 is 1.17 bits per heavy atom. The molecule has 0 fully saturated rings. The Balaban J connectivity index is 1.17. The highest BCUT2D eigenvalue weighted by atomic mass is 15.0. The van der Waals surface area contributed by atoms with Gasteiger partial charge in [0.2, 0.25) is 0 Å². The van der Waals surface area contributed by atoms with E-state index in [0.717, 1.165) is 33.4 Å². The summed E-state index contributed by atoms with van der Waals surface area (Å²) in [4.78, 5) is 4.39. The third kappa shape index (κ3) is 7.46. The Morgan fingerprint density at radius 2 is 0.764 bits per heavy atom. The molecular formula is C69H55N3. The number of fused-ring (bicyclic) bond motifs is 6. The molecule has 72 heavy (non-hydrogen) atoms. The minimum atomic E-state index is -0.179. The van der Waals surface area contributed by atoms with Gasteiger partial charge in [0.25, 0.3) is 0 Å². The van der Waals surface area contributed by atoms with E-state index in [9.17, 15) is 5.26 Å². The predicted octanol–water partition coefficient (Wildman–Crippen LogP) is 18.0. The van der Waals surface area contributed by atoms with Crippen molar-refractivity contribution in [3.05, 3.63) is 249 Å². The van der Waals surface area contributed by atoms with Crippen LogP contribution in [-0.4, -0.2) is 9.55 Å². The largest absolute Gasteiger partial charge is 0.309 e. The van der Waals surface area contributed by atoms with Gasteiger partial charge in [-0.15, -0.1) is 0 Å². The zero-order chi connectivity index (χ0) is 49.5. The summed E-state index contributed by atoms with van der Waals surface area (Å²) in [7, 11) is 0. The molecule has 1 aliphatic carbocycles. The Labute approximate surface area is 423 Å². The summed E-state index contributed by atoms with van der Waals surface area (Å²) in [5.41, 5.74) is 31.4. The molecule has 0 saturated heterocycles. The summed E-state index contributed by atoms with van der Waals surface area (Å²) in [5, 5.41) is 13.6. The fourth-order valence-electron chi connectivity index (χ4n) is 12.0. The summed E-state index contributed by atoms with van der Waals surface area (Å²) in [6.07, 6.45) is 3.63. The molecule has 0 radical (unpaired) electrons. The van der Waals surface area contributed by atoms with E-state index >= 15 is 0 Å². The van der Waals surface area contributed by atoms with Gasteiger partial charge in [0.1, 0.15) is 0 Å². The number of aromatic nitrogens is 2. The van der Waals surface area contributed by atoms with E-state index in [1.54, 1.807) is 0 Å². The lowest BCUT2D eigenvalue weighted by Crippen LogP contribution is -2.08. The van der Waals surface area contributed by atoms with Gasteiger partial charge >= 0.3 is 0 Å². The van der Waals surface area contributed by atoms with Crippen molar-refractivity contribution < 1.29 is 0 Å². The molecule has 12 rings (SSSR count). The minimum Gasteiger partial charge on any atom is -0.309 e. The monoisotopic (exact) mass is 925 g/mol. The van der Waals surface area contributed by atoms with Crippen LogP contribution in [0.3, 0.4) is 0 Å². The summed E-state index contributed by atoms with van der Waals surface area (Å²) in [6.45, 7) is 17.5. The van der Waals surface area contributed by atoms with Crippen LogP contribution >= 0.6 is 0 Å². The van der Waals surface area contributed by atoms with Crippen LogP contribution in [0, 0.1) is 66.7 Å². The third-order valence-electron chi connectivity index (χ3n) is 15.4. The second-order valence-electron chi connectivity index (χ2n) is 20.4. The number of benzene rings is 9. The van der Waals surface area contributed by atoms with Crippen LogP contribution in [-0.2, 0) is 0 Å². The number of aryl methyl sites for hydroxylation is 8. The van der Waals surface area contributed by atoms with Crippen molar-refractivity contribution in [3.63, 3.8) is 0 Å². The summed E-state index contributed by atoms with van der Waals surface area (Å²) < 4.78 is 2.48. The molecule has 346 valence electrons. The lowest BCUT2D eigenvalue weighted by atomic mass is 9.84. The third-order valence-corrected chi connectivity index (χ3v) is 15.4. The molecule has 0 N–H and O–H groups in total. The molecular weight excluding hydrogens is 871 g/mol. The maximum atomic E-state index is 11.2. The molecule has 0 saturated carbocycles. The van der Waals surface area contributed by atoms with E-state index in [1.165, 1.54) is 122 Å². The molecule has 1 aliphatic rings. The first-order valence-corrected chi connectivity index (χ1v) is 25.1. The smallest absolute Gasteiger partial charge is 0.0998 e. The first kappa shape index (κ1) is 44.6. The second-order valence-corrected chi connectivity index (χ2v) is 20.4. The van der Waals surface area contributed by atoms with Gasteiger partial charge in [-0.05, 0) is 216 Å². The Hall–Kier alpha value is -8.58. The lowest BCUT2D eigenvalue weighted by molar-refractivity contribution is 0.982. The van der Waals surface area contributed by atoms with E-state index in [-0.39, 0.29) is 5.92 Å². The maximum absolute atomic E-state index is 11.2. The van der Waals surface area contributed by atoms with Gasteiger partial charge < -0.3 is 4.57 Å². The van der Waals surface area contributed by atoms with Crippen molar-refractivity contribution in [1.29, 1.82) is 5.26 Å². The minimum absolute atomic E-state index is 0.179. The first-order valence-electron chi connectivity index (χ1n) is 25.1. The molecule has 9 aromatic carbocycles.